The number of hydrogen-bond donors (Lipinski definition) is 2. The predicted molar refractivity (Wildman–Crippen MR) is 88.8 cm³/mol. The predicted octanol–water partition coefficient (Wildman–Crippen LogP) is 2.86. The average molecular weight is 301 g/mol. The van der Waals surface area contributed by atoms with Crippen molar-refractivity contribution in [3.63, 3.8) is 0 Å². The number of nitrogens with zero attached hydrogens (tertiary/aromatic N) is 1. The summed E-state index contributed by atoms with van der Waals surface area (Å²) in [5.41, 5.74) is 2.89. The van der Waals surface area contributed by atoms with Gasteiger partial charge in [-0.3, -0.25) is 0 Å². The Kier molecular flexibility index (Phi) is 4.68. The van der Waals surface area contributed by atoms with E-state index in [9.17, 15) is 0 Å². The van der Waals surface area contributed by atoms with Crippen molar-refractivity contribution in [2.75, 3.05) is 19.6 Å². The molecule has 2 aromatic rings. The molecule has 1 fully saturated rings. The second kappa shape index (κ2) is 6.69. The lowest BCUT2D eigenvalue weighted by molar-refractivity contribution is 0.292. The van der Waals surface area contributed by atoms with Gasteiger partial charge in [0.25, 0.3) is 0 Å². The smallest absolute Gasteiger partial charge is 0.0897 e. The van der Waals surface area contributed by atoms with Crippen LogP contribution in [0.2, 0.25) is 0 Å². The standard InChI is InChI=1S/C17H23N3S/c1-14-20-16(12-21-14)11-19-13-17(7-9-18-10-8-17)15-5-3-2-4-6-15/h2-6,12,18-19H,7-11,13H2,1H3. The normalized spacial score (nSPS) is 17.8. The second-order valence-electron chi connectivity index (χ2n) is 5.86. The van der Waals surface area contributed by atoms with Crippen LogP contribution < -0.4 is 10.6 Å². The van der Waals surface area contributed by atoms with Crippen LogP contribution in [-0.4, -0.2) is 24.6 Å². The molecule has 1 aliphatic rings. The molecule has 3 rings (SSSR count). The number of aryl methyl sites for hydroxylation is 1. The van der Waals surface area contributed by atoms with Gasteiger partial charge in [-0.15, -0.1) is 11.3 Å². The number of nitrogens with one attached hydrogen (secondary N) is 2. The third kappa shape index (κ3) is 3.51. The lowest BCUT2D eigenvalue weighted by Crippen LogP contribution is -2.46. The van der Waals surface area contributed by atoms with Crippen LogP contribution in [0.1, 0.15) is 29.1 Å². The third-order valence-electron chi connectivity index (χ3n) is 4.38. The molecule has 0 amide bonds. The fourth-order valence-corrected chi connectivity index (χ4v) is 3.80. The first-order valence-electron chi connectivity index (χ1n) is 7.66. The Morgan fingerprint density at radius 2 is 2.00 bits per heavy atom. The summed E-state index contributed by atoms with van der Waals surface area (Å²) in [4.78, 5) is 4.53. The molecule has 0 atom stereocenters. The summed E-state index contributed by atoms with van der Waals surface area (Å²) in [6, 6.07) is 11.0. The molecule has 0 bridgehead atoms. The first-order valence-corrected chi connectivity index (χ1v) is 8.54. The van der Waals surface area contributed by atoms with E-state index in [2.05, 4.69) is 58.3 Å². The second-order valence-corrected chi connectivity index (χ2v) is 6.92. The van der Waals surface area contributed by atoms with E-state index in [-0.39, 0.29) is 5.41 Å². The van der Waals surface area contributed by atoms with Crippen molar-refractivity contribution in [1.29, 1.82) is 0 Å². The van der Waals surface area contributed by atoms with Crippen molar-refractivity contribution in [3.8, 4) is 0 Å². The molecule has 2 N–H and O–H groups in total. The van der Waals surface area contributed by atoms with Crippen LogP contribution in [0.3, 0.4) is 0 Å². The minimum Gasteiger partial charge on any atom is -0.317 e. The first-order chi connectivity index (χ1) is 10.3. The molecule has 21 heavy (non-hydrogen) atoms. The van der Waals surface area contributed by atoms with E-state index >= 15 is 0 Å². The van der Waals surface area contributed by atoms with Gasteiger partial charge in [0, 0.05) is 23.9 Å². The Hall–Kier alpha value is -1.23. The van der Waals surface area contributed by atoms with Crippen LogP contribution in [0.4, 0.5) is 0 Å². The SMILES string of the molecule is Cc1nc(CNCC2(c3ccccc3)CCNCC2)cs1. The highest BCUT2D eigenvalue weighted by molar-refractivity contribution is 7.09. The molecule has 0 saturated carbocycles. The molecule has 1 aromatic carbocycles. The maximum absolute atomic E-state index is 4.53. The number of benzene rings is 1. The summed E-state index contributed by atoms with van der Waals surface area (Å²) < 4.78 is 0. The summed E-state index contributed by atoms with van der Waals surface area (Å²) in [6.45, 7) is 6.16. The number of aromatic nitrogens is 1. The lowest BCUT2D eigenvalue weighted by Gasteiger charge is -2.38. The Labute approximate surface area is 130 Å². The molecule has 1 saturated heterocycles. The molecule has 4 heteroatoms. The molecule has 1 aromatic heterocycles. The van der Waals surface area contributed by atoms with E-state index in [4.69, 9.17) is 0 Å². The number of hydrogen-bond acceptors (Lipinski definition) is 4. The van der Waals surface area contributed by atoms with Crippen molar-refractivity contribution >= 4 is 11.3 Å². The van der Waals surface area contributed by atoms with Gasteiger partial charge in [0.15, 0.2) is 0 Å². The maximum Gasteiger partial charge on any atom is 0.0897 e. The molecule has 0 aliphatic carbocycles. The zero-order valence-electron chi connectivity index (χ0n) is 12.6. The third-order valence-corrected chi connectivity index (χ3v) is 5.21. The molecule has 3 nitrogen and oxygen atoms in total. The Bertz CT molecular complexity index is 558. The molecule has 2 heterocycles. The van der Waals surface area contributed by atoms with Crippen molar-refractivity contribution in [2.45, 2.75) is 31.7 Å². The van der Waals surface area contributed by atoms with E-state index in [0.29, 0.717) is 0 Å². The maximum atomic E-state index is 4.53. The molecular weight excluding hydrogens is 278 g/mol. The molecule has 0 unspecified atom stereocenters. The van der Waals surface area contributed by atoms with Crippen molar-refractivity contribution in [3.05, 3.63) is 52.0 Å². The van der Waals surface area contributed by atoms with Gasteiger partial charge in [0.05, 0.1) is 10.7 Å². The molecular formula is C17H23N3S. The first kappa shape index (κ1) is 14.7. The van der Waals surface area contributed by atoms with Crippen LogP contribution in [-0.2, 0) is 12.0 Å². The fraction of sp³-hybridized carbons (Fsp3) is 0.471. The Morgan fingerprint density at radius 3 is 2.67 bits per heavy atom. The highest BCUT2D eigenvalue weighted by Gasteiger charge is 2.33. The largest absolute Gasteiger partial charge is 0.317 e. The monoisotopic (exact) mass is 301 g/mol. The van der Waals surface area contributed by atoms with Gasteiger partial charge in [-0.2, -0.15) is 0 Å². The highest BCUT2D eigenvalue weighted by atomic mass is 32.1. The van der Waals surface area contributed by atoms with Gasteiger partial charge in [0.2, 0.25) is 0 Å². The van der Waals surface area contributed by atoms with Gasteiger partial charge >= 0.3 is 0 Å². The summed E-state index contributed by atoms with van der Waals surface area (Å²) in [5, 5.41) is 10.4. The summed E-state index contributed by atoms with van der Waals surface area (Å²) in [5.74, 6) is 0. The van der Waals surface area contributed by atoms with Crippen molar-refractivity contribution in [1.82, 2.24) is 15.6 Å². The Balaban J connectivity index is 1.68. The van der Waals surface area contributed by atoms with Crippen LogP contribution in [0.25, 0.3) is 0 Å². The summed E-state index contributed by atoms with van der Waals surface area (Å²) >= 11 is 1.72. The van der Waals surface area contributed by atoms with E-state index < -0.39 is 0 Å². The van der Waals surface area contributed by atoms with Crippen LogP contribution in [0, 0.1) is 6.92 Å². The molecule has 0 spiro atoms. The molecule has 112 valence electrons. The van der Waals surface area contributed by atoms with Gasteiger partial charge in [0.1, 0.15) is 0 Å². The van der Waals surface area contributed by atoms with E-state index in [1.807, 2.05) is 0 Å². The minimum absolute atomic E-state index is 0.261. The highest BCUT2D eigenvalue weighted by Crippen LogP contribution is 2.32. The van der Waals surface area contributed by atoms with Gasteiger partial charge in [-0.05, 0) is 38.4 Å². The zero-order valence-corrected chi connectivity index (χ0v) is 13.4. The summed E-state index contributed by atoms with van der Waals surface area (Å²) in [6.07, 6.45) is 2.39. The number of piperidine rings is 1. The van der Waals surface area contributed by atoms with Crippen LogP contribution >= 0.6 is 11.3 Å². The van der Waals surface area contributed by atoms with Gasteiger partial charge < -0.3 is 10.6 Å². The zero-order chi connectivity index (χ0) is 14.5. The van der Waals surface area contributed by atoms with Crippen molar-refractivity contribution < 1.29 is 0 Å². The van der Waals surface area contributed by atoms with Crippen LogP contribution in [0.15, 0.2) is 35.7 Å². The quantitative estimate of drug-likeness (QED) is 0.891. The molecule has 1 aliphatic heterocycles. The van der Waals surface area contributed by atoms with E-state index in [1.165, 1.54) is 18.4 Å². The number of rotatable bonds is 5. The number of thiazole rings is 1. The molecule has 0 radical (unpaired) electrons. The van der Waals surface area contributed by atoms with Crippen molar-refractivity contribution in [2.24, 2.45) is 0 Å². The van der Waals surface area contributed by atoms with Gasteiger partial charge in [-0.25, -0.2) is 4.98 Å². The van der Waals surface area contributed by atoms with E-state index in [0.717, 1.165) is 36.9 Å². The lowest BCUT2D eigenvalue weighted by atomic mass is 9.73. The van der Waals surface area contributed by atoms with E-state index in [1.54, 1.807) is 11.3 Å². The average Bonchev–Trinajstić information content (AvgIpc) is 2.95. The topological polar surface area (TPSA) is 37.0 Å². The minimum atomic E-state index is 0.261. The fourth-order valence-electron chi connectivity index (χ4n) is 3.18. The summed E-state index contributed by atoms with van der Waals surface area (Å²) in [7, 11) is 0. The van der Waals surface area contributed by atoms with Gasteiger partial charge in [-0.1, -0.05) is 30.3 Å². The Morgan fingerprint density at radius 1 is 1.24 bits per heavy atom. The van der Waals surface area contributed by atoms with Crippen LogP contribution in [0.5, 0.6) is 0 Å².